The van der Waals surface area contributed by atoms with Crippen molar-refractivity contribution in [1.29, 1.82) is 0 Å². The molecule has 2 unspecified atom stereocenters. The number of aromatic nitrogens is 3. The summed E-state index contributed by atoms with van der Waals surface area (Å²) in [5.41, 5.74) is 3.89. The summed E-state index contributed by atoms with van der Waals surface area (Å²) in [7, 11) is 0. The number of anilines is 1. The van der Waals surface area contributed by atoms with Crippen molar-refractivity contribution in [2.45, 2.75) is 31.3 Å². The lowest BCUT2D eigenvalue weighted by atomic mass is 9.85. The summed E-state index contributed by atoms with van der Waals surface area (Å²) in [6, 6.07) is 12.7. The third-order valence-corrected chi connectivity index (χ3v) is 9.32. The Balaban J connectivity index is 1.04. The van der Waals surface area contributed by atoms with Gasteiger partial charge >= 0.3 is 5.97 Å². The highest BCUT2D eigenvalue weighted by Crippen LogP contribution is 2.45. The SMILES string of the molecule is O=C(O)c1cnc(N2CCC(CN3CC(=O)N4C(Cc5c([nH]c6ccccc56)C4c4ccc5c(c4)OCO5)C3=O)CC2)nc1. The lowest BCUT2D eigenvalue weighted by Crippen LogP contribution is -2.63. The number of hydrogen-bond acceptors (Lipinski definition) is 8. The van der Waals surface area contributed by atoms with Crippen molar-refractivity contribution in [3.8, 4) is 11.5 Å². The van der Waals surface area contributed by atoms with Gasteiger partial charge in [-0.2, -0.15) is 0 Å². The minimum atomic E-state index is -1.06. The fourth-order valence-corrected chi connectivity index (χ4v) is 7.13. The van der Waals surface area contributed by atoms with Gasteiger partial charge in [0, 0.05) is 55.0 Å². The second kappa shape index (κ2) is 10.2. The van der Waals surface area contributed by atoms with Crippen LogP contribution in [0.3, 0.4) is 0 Å². The van der Waals surface area contributed by atoms with Crippen molar-refractivity contribution in [2.75, 3.05) is 37.9 Å². The number of carboxylic acid groups (broad SMARTS) is 1. The van der Waals surface area contributed by atoms with E-state index in [0.29, 0.717) is 43.5 Å². The second-order valence-electron chi connectivity index (χ2n) is 11.8. The van der Waals surface area contributed by atoms with Crippen LogP contribution in [0.4, 0.5) is 5.95 Å². The van der Waals surface area contributed by atoms with Gasteiger partial charge in [-0.15, -0.1) is 0 Å². The molecule has 224 valence electrons. The summed E-state index contributed by atoms with van der Waals surface area (Å²) >= 11 is 0. The maximum absolute atomic E-state index is 14.2. The van der Waals surface area contributed by atoms with Crippen LogP contribution in [0.25, 0.3) is 10.9 Å². The van der Waals surface area contributed by atoms with E-state index in [-0.39, 0.29) is 36.6 Å². The van der Waals surface area contributed by atoms with E-state index in [1.165, 1.54) is 12.4 Å². The van der Waals surface area contributed by atoms with Crippen molar-refractivity contribution in [3.63, 3.8) is 0 Å². The number of carboxylic acids is 1. The van der Waals surface area contributed by atoms with Crippen LogP contribution in [0.2, 0.25) is 0 Å². The number of piperidine rings is 1. The Morgan fingerprint density at radius 1 is 1.02 bits per heavy atom. The van der Waals surface area contributed by atoms with Gasteiger partial charge in [0.05, 0.1) is 18.2 Å². The largest absolute Gasteiger partial charge is 0.478 e. The Morgan fingerprint density at radius 3 is 2.59 bits per heavy atom. The van der Waals surface area contributed by atoms with Gasteiger partial charge < -0.3 is 34.3 Å². The fraction of sp³-hybridized carbons (Fsp3) is 0.344. The average molecular weight is 595 g/mol. The predicted molar refractivity (Wildman–Crippen MR) is 158 cm³/mol. The van der Waals surface area contributed by atoms with Gasteiger partial charge in [0.15, 0.2) is 11.5 Å². The molecule has 2 amide bonds. The molecular formula is C32H30N6O6. The number of carbonyl (C=O) groups is 3. The molecule has 2 atom stereocenters. The van der Waals surface area contributed by atoms with Crippen LogP contribution < -0.4 is 14.4 Å². The zero-order valence-electron chi connectivity index (χ0n) is 23.8. The van der Waals surface area contributed by atoms with Crippen molar-refractivity contribution in [2.24, 2.45) is 5.92 Å². The van der Waals surface area contributed by atoms with Crippen LogP contribution >= 0.6 is 0 Å². The normalized spacial score (nSPS) is 21.5. The average Bonchev–Trinajstić information content (AvgIpc) is 3.67. The lowest BCUT2D eigenvalue weighted by Gasteiger charge is -2.48. The third kappa shape index (κ3) is 4.31. The molecule has 2 aromatic heterocycles. The molecule has 0 saturated carbocycles. The number of nitrogens with zero attached hydrogens (tertiary/aromatic N) is 5. The van der Waals surface area contributed by atoms with E-state index < -0.39 is 18.1 Å². The Labute approximate surface area is 252 Å². The van der Waals surface area contributed by atoms with Gasteiger partial charge in [-0.3, -0.25) is 9.59 Å². The van der Waals surface area contributed by atoms with Gasteiger partial charge in [0.25, 0.3) is 0 Å². The molecule has 0 radical (unpaired) electrons. The number of aromatic carboxylic acids is 1. The molecule has 0 aliphatic carbocycles. The summed E-state index contributed by atoms with van der Waals surface area (Å²) in [6.07, 6.45) is 4.70. The van der Waals surface area contributed by atoms with Crippen LogP contribution in [-0.4, -0.2) is 86.7 Å². The van der Waals surface area contributed by atoms with Gasteiger partial charge in [0.2, 0.25) is 24.6 Å². The number of benzene rings is 2. The number of aromatic amines is 1. The Hall–Kier alpha value is -5.13. The number of ether oxygens (including phenoxy) is 2. The molecule has 4 aliphatic heterocycles. The Bertz CT molecular complexity index is 1800. The topological polar surface area (TPSA) is 141 Å². The Kier molecular flexibility index (Phi) is 6.17. The molecule has 4 aromatic rings. The molecule has 0 bridgehead atoms. The molecule has 12 nitrogen and oxygen atoms in total. The second-order valence-corrected chi connectivity index (χ2v) is 11.8. The third-order valence-electron chi connectivity index (χ3n) is 9.32. The summed E-state index contributed by atoms with van der Waals surface area (Å²) in [5, 5.41) is 10.2. The van der Waals surface area contributed by atoms with E-state index in [9.17, 15) is 14.4 Å². The zero-order chi connectivity index (χ0) is 29.9. The molecular weight excluding hydrogens is 564 g/mol. The summed E-state index contributed by atoms with van der Waals surface area (Å²) in [4.78, 5) is 56.8. The highest BCUT2D eigenvalue weighted by Gasteiger charge is 2.48. The smallest absolute Gasteiger partial charge is 0.338 e. The maximum atomic E-state index is 14.2. The van der Waals surface area contributed by atoms with E-state index in [2.05, 4.69) is 21.0 Å². The van der Waals surface area contributed by atoms with Crippen molar-refractivity contribution < 1.29 is 29.0 Å². The molecule has 8 rings (SSSR count). The molecule has 4 aliphatic rings. The summed E-state index contributed by atoms with van der Waals surface area (Å²) in [5.74, 6) is 0.863. The maximum Gasteiger partial charge on any atom is 0.338 e. The van der Waals surface area contributed by atoms with Crippen LogP contribution in [-0.2, 0) is 16.0 Å². The minimum absolute atomic E-state index is 0.0266. The van der Waals surface area contributed by atoms with Crippen molar-refractivity contribution in [3.05, 3.63) is 77.2 Å². The summed E-state index contributed by atoms with van der Waals surface area (Å²) in [6.45, 7) is 2.08. The first kappa shape index (κ1) is 26.5. The first-order chi connectivity index (χ1) is 21.4. The van der Waals surface area contributed by atoms with Crippen LogP contribution in [0.5, 0.6) is 11.5 Å². The molecule has 0 spiro atoms. The molecule has 44 heavy (non-hydrogen) atoms. The molecule has 2 saturated heterocycles. The first-order valence-corrected chi connectivity index (χ1v) is 14.8. The van der Waals surface area contributed by atoms with Gasteiger partial charge in [0.1, 0.15) is 6.04 Å². The number of para-hydroxylation sites is 1. The molecule has 6 heterocycles. The number of piperazine rings is 1. The highest BCUT2D eigenvalue weighted by atomic mass is 16.7. The Morgan fingerprint density at radius 2 is 1.80 bits per heavy atom. The number of rotatable bonds is 5. The van der Waals surface area contributed by atoms with E-state index in [1.54, 1.807) is 9.80 Å². The number of hydrogen-bond donors (Lipinski definition) is 2. The van der Waals surface area contributed by atoms with Gasteiger partial charge in [-0.05, 0) is 48.1 Å². The van der Waals surface area contributed by atoms with Crippen molar-refractivity contribution in [1.82, 2.24) is 24.8 Å². The van der Waals surface area contributed by atoms with E-state index in [4.69, 9.17) is 14.6 Å². The van der Waals surface area contributed by atoms with Gasteiger partial charge in [-0.1, -0.05) is 24.3 Å². The van der Waals surface area contributed by atoms with Crippen molar-refractivity contribution >= 4 is 34.6 Å². The zero-order valence-corrected chi connectivity index (χ0v) is 23.8. The molecule has 2 aromatic carbocycles. The summed E-state index contributed by atoms with van der Waals surface area (Å²) < 4.78 is 11.2. The predicted octanol–water partition coefficient (Wildman–Crippen LogP) is 2.99. The fourth-order valence-electron chi connectivity index (χ4n) is 7.13. The van der Waals surface area contributed by atoms with Crippen LogP contribution in [0.15, 0.2) is 54.9 Å². The lowest BCUT2D eigenvalue weighted by molar-refractivity contribution is -0.159. The van der Waals surface area contributed by atoms with E-state index >= 15 is 0 Å². The number of nitrogens with one attached hydrogen (secondary N) is 1. The number of carbonyl (C=O) groups excluding carboxylic acids is 2. The minimum Gasteiger partial charge on any atom is -0.478 e. The molecule has 2 N–H and O–H groups in total. The highest BCUT2D eigenvalue weighted by molar-refractivity contribution is 5.97. The van der Waals surface area contributed by atoms with Crippen LogP contribution in [0, 0.1) is 5.92 Å². The number of amides is 2. The molecule has 12 heteroatoms. The van der Waals surface area contributed by atoms with Crippen LogP contribution in [0.1, 0.15) is 46.1 Å². The van der Waals surface area contributed by atoms with Gasteiger partial charge in [-0.25, -0.2) is 14.8 Å². The number of H-pyrrole nitrogens is 1. The standard InChI is InChI=1S/C32H30N6O6/c39-27-16-37(15-18-7-9-36(10-8-18)32-33-13-20(14-34-32)31(41)42)30(40)24-12-22-21-3-1-2-4-23(21)35-28(22)29(38(24)27)19-5-6-25-26(11-19)44-17-43-25/h1-6,11,13-14,18,24,29,35H,7-10,12,15-17H2,(H,41,42). The molecule has 2 fully saturated rings. The number of fused-ring (bicyclic) bond motifs is 5. The van der Waals surface area contributed by atoms with E-state index in [0.717, 1.165) is 40.6 Å². The quantitative estimate of drug-likeness (QED) is 0.357. The van der Waals surface area contributed by atoms with E-state index in [1.807, 2.05) is 41.3 Å². The monoisotopic (exact) mass is 594 g/mol. The first-order valence-electron chi connectivity index (χ1n) is 14.8.